The molecule has 0 atom stereocenters. The lowest BCUT2D eigenvalue weighted by molar-refractivity contribution is 0.361. The van der Waals surface area contributed by atoms with Crippen LogP contribution < -0.4 is 5.32 Å². The van der Waals surface area contributed by atoms with E-state index in [-0.39, 0.29) is 0 Å². The van der Waals surface area contributed by atoms with Crippen LogP contribution in [0, 0.1) is 5.92 Å². The predicted octanol–water partition coefficient (Wildman–Crippen LogP) is 6.55. The molecule has 42 heavy (non-hydrogen) atoms. The quantitative estimate of drug-likeness (QED) is 0.319. The molecule has 3 aromatic rings. The second-order valence-corrected chi connectivity index (χ2v) is 11.5. The molecule has 0 unspecified atom stereocenters. The first-order valence-electron chi connectivity index (χ1n) is 14.9. The van der Waals surface area contributed by atoms with Gasteiger partial charge in [0.2, 0.25) is 0 Å². The van der Waals surface area contributed by atoms with Crippen LogP contribution in [-0.2, 0) is 26.4 Å². The summed E-state index contributed by atoms with van der Waals surface area (Å²) in [6.07, 6.45) is 19.4. The molecule has 0 spiro atoms. The molecule has 3 aliphatic rings. The van der Waals surface area contributed by atoms with E-state index < -0.39 is 0 Å². The van der Waals surface area contributed by atoms with Crippen LogP contribution in [0.25, 0.3) is 11.1 Å². The molecule has 4 heterocycles. The van der Waals surface area contributed by atoms with E-state index in [9.17, 15) is 0 Å². The first-order chi connectivity index (χ1) is 20.5. The van der Waals surface area contributed by atoms with E-state index in [4.69, 9.17) is 10.1 Å². The Morgan fingerprint density at radius 2 is 2.02 bits per heavy atom. The minimum absolute atomic E-state index is 0.604. The maximum Gasteiger partial charge on any atom is 0.153 e. The van der Waals surface area contributed by atoms with E-state index in [1.807, 2.05) is 29.2 Å². The van der Waals surface area contributed by atoms with Gasteiger partial charge >= 0.3 is 0 Å². The molecule has 0 saturated heterocycles. The monoisotopic (exact) mass is 557 g/mol. The molecule has 7 heteroatoms. The molecule has 0 fully saturated rings. The highest BCUT2D eigenvalue weighted by Crippen LogP contribution is 2.36. The standard InChI is InChI=1S/C35H39N7/c1-5-42-19-17-34(39-42)37-33-14-9-13-30-28(22-36-33)15-16-31-35(30)32(40(4)38-31)21-26-10-8-12-27(20-26)29-11-6-7-18-41(24-29)23-25(2)3/h7-14,17,19-20,22,24-25H,5,15-16,18,21,23H2,1-4H3,(H,36,37,39). The van der Waals surface area contributed by atoms with Crippen molar-refractivity contribution in [2.24, 2.45) is 18.0 Å². The Balaban J connectivity index is 1.27. The number of fused-ring (bicyclic) bond motifs is 2. The molecule has 214 valence electrons. The minimum atomic E-state index is 0.604. The molecule has 0 saturated carbocycles. The third-order valence-corrected chi connectivity index (χ3v) is 7.82. The summed E-state index contributed by atoms with van der Waals surface area (Å²) in [5.41, 5.74) is 13.1. The summed E-state index contributed by atoms with van der Waals surface area (Å²) in [4.78, 5) is 7.18. The van der Waals surface area contributed by atoms with Crippen molar-refractivity contribution in [2.75, 3.05) is 18.4 Å². The summed E-state index contributed by atoms with van der Waals surface area (Å²) < 4.78 is 3.97. The molecular weight excluding hydrogens is 518 g/mol. The summed E-state index contributed by atoms with van der Waals surface area (Å²) in [5.74, 6) is 2.17. The number of anilines is 1. The number of hydrogen-bond donors (Lipinski definition) is 1. The van der Waals surface area contributed by atoms with Crippen molar-refractivity contribution in [1.29, 1.82) is 0 Å². The summed E-state index contributed by atoms with van der Waals surface area (Å²) in [6, 6.07) is 10.9. The first-order valence-corrected chi connectivity index (χ1v) is 14.9. The fraction of sp³-hybridized carbons (Fsp3) is 0.314. The lowest BCUT2D eigenvalue weighted by Gasteiger charge is -2.21. The second-order valence-electron chi connectivity index (χ2n) is 11.5. The number of allylic oxidation sites excluding steroid dienone is 6. The van der Waals surface area contributed by atoms with Gasteiger partial charge in [0.15, 0.2) is 5.82 Å². The molecule has 7 nitrogen and oxygen atoms in total. The van der Waals surface area contributed by atoms with Crippen LogP contribution in [0.1, 0.15) is 55.3 Å². The molecular formula is C35H39N7. The van der Waals surface area contributed by atoms with Crippen LogP contribution in [0.3, 0.4) is 0 Å². The van der Waals surface area contributed by atoms with Crippen LogP contribution >= 0.6 is 0 Å². The lowest BCUT2D eigenvalue weighted by atomic mass is 9.86. The van der Waals surface area contributed by atoms with Gasteiger partial charge in [-0.2, -0.15) is 10.2 Å². The van der Waals surface area contributed by atoms with Crippen molar-refractivity contribution >= 4 is 23.2 Å². The van der Waals surface area contributed by atoms with Crippen molar-refractivity contribution in [3.63, 3.8) is 0 Å². The van der Waals surface area contributed by atoms with Gasteiger partial charge in [-0.1, -0.05) is 50.3 Å². The molecule has 0 amide bonds. The lowest BCUT2D eigenvalue weighted by Crippen LogP contribution is -2.22. The maximum absolute atomic E-state index is 4.96. The normalized spacial score (nSPS) is 16.9. The molecule has 0 bridgehead atoms. The highest BCUT2D eigenvalue weighted by molar-refractivity contribution is 5.97. The molecule has 1 N–H and O–H groups in total. The van der Waals surface area contributed by atoms with Crippen molar-refractivity contribution in [3.05, 3.63) is 118 Å². The Morgan fingerprint density at radius 1 is 1.12 bits per heavy atom. The van der Waals surface area contributed by atoms with Crippen LogP contribution in [0.4, 0.5) is 5.82 Å². The van der Waals surface area contributed by atoms with Crippen molar-refractivity contribution in [3.8, 4) is 0 Å². The first kappa shape index (κ1) is 27.6. The number of aromatic nitrogens is 4. The van der Waals surface area contributed by atoms with Gasteiger partial charge in [0.25, 0.3) is 0 Å². The van der Waals surface area contributed by atoms with E-state index in [2.05, 4.69) is 108 Å². The topological polar surface area (TPSA) is 63.3 Å². The number of aliphatic imine (C=N–C) groups is 1. The number of aryl methyl sites for hydroxylation is 3. The number of hydrogen-bond acceptors (Lipinski definition) is 5. The smallest absolute Gasteiger partial charge is 0.153 e. The van der Waals surface area contributed by atoms with Gasteiger partial charge in [0, 0.05) is 68.9 Å². The van der Waals surface area contributed by atoms with Crippen molar-refractivity contribution in [2.45, 2.75) is 46.6 Å². The van der Waals surface area contributed by atoms with E-state index in [0.717, 1.165) is 56.2 Å². The summed E-state index contributed by atoms with van der Waals surface area (Å²) in [5, 5.41) is 12.8. The Labute approximate surface area is 248 Å². The van der Waals surface area contributed by atoms with Gasteiger partial charge in [-0.05, 0) is 66.2 Å². The fourth-order valence-corrected chi connectivity index (χ4v) is 5.83. The maximum atomic E-state index is 4.96. The Hall–Kier alpha value is -4.61. The number of benzene rings is 1. The van der Waals surface area contributed by atoms with Crippen LogP contribution in [0.2, 0.25) is 0 Å². The van der Waals surface area contributed by atoms with E-state index >= 15 is 0 Å². The van der Waals surface area contributed by atoms with Crippen molar-refractivity contribution < 1.29 is 0 Å². The van der Waals surface area contributed by atoms with Crippen LogP contribution in [0.15, 0.2) is 95.2 Å². The summed E-state index contributed by atoms with van der Waals surface area (Å²) in [7, 11) is 2.07. The van der Waals surface area contributed by atoms with E-state index in [1.54, 1.807) is 0 Å². The Kier molecular flexibility index (Phi) is 7.93. The number of nitrogens with zero attached hydrogens (tertiary/aromatic N) is 6. The average Bonchev–Trinajstić information content (AvgIpc) is 3.46. The molecule has 0 radical (unpaired) electrons. The Morgan fingerprint density at radius 3 is 2.86 bits per heavy atom. The van der Waals surface area contributed by atoms with Gasteiger partial charge in [-0.25, -0.2) is 4.99 Å². The number of rotatable bonds is 8. The highest BCUT2D eigenvalue weighted by atomic mass is 15.3. The molecule has 6 rings (SSSR count). The summed E-state index contributed by atoms with van der Waals surface area (Å²) >= 11 is 0. The SMILES string of the molecule is CCn1ccc(NC2=C/C=C/C3=C(C=N2)CCc2nn(C)c(Cc4cccc(C5=CN(CC(C)C)CC=C=C5)c4)c23)n1. The zero-order valence-corrected chi connectivity index (χ0v) is 25.0. The Bertz CT molecular complexity index is 1700. The summed E-state index contributed by atoms with van der Waals surface area (Å²) in [6.45, 7) is 9.36. The molecule has 1 aliphatic carbocycles. The fourth-order valence-electron chi connectivity index (χ4n) is 5.83. The molecule has 1 aromatic carbocycles. The molecule has 2 aliphatic heterocycles. The van der Waals surface area contributed by atoms with Gasteiger partial charge in [-0.15, -0.1) is 5.73 Å². The third kappa shape index (κ3) is 6.02. The van der Waals surface area contributed by atoms with Crippen LogP contribution in [0.5, 0.6) is 0 Å². The average molecular weight is 558 g/mol. The zero-order valence-electron chi connectivity index (χ0n) is 25.0. The van der Waals surface area contributed by atoms with Gasteiger partial charge < -0.3 is 10.2 Å². The van der Waals surface area contributed by atoms with Crippen molar-refractivity contribution in [1.82, 2.24) is 24.5 Å². The number of nitrogens with one attached hydrogen (secondary N) is 1. The van der Waals surface area contributed by atoms with E-state index in [1.165, 1.54) is 39.1 Å². The van der Waals surface area contributed by atoms with E-state index in [0.29, 0.717) is 5.92 Å². The largest absolute Gasteiger partial charge is 0.372 e. The van der Waals surface area contributed by atoms with Gasteiger partial charge in [0.1, 0.15) is 5.82 Å². The molecule has 2 aromatic heterocycles. The zero-order chi connectivity index (χ0) is 29.1. The van der Waals surface area contributed by atoms with Crippen LogP contribution in [-0.4, -0.2) is 43.8 Å². The second kappa shape index (κ2) is 12.1. The third-order valence-electron chi connectivity index (χ3n) is 7.82. The predicted molar refractivity (Wildman–Crippen MR) is 172 cm³/mol. The highest BCUT2D eigenvalue weighted by Gasteiger charge is 2.25. The minimum Gasteiger partial charge on any atom is -0.372 e. The van der Waals surface area contributed by atoms with Gasteiger partial charge in [-0.3, -0.25) is 9.36 Å². The van der Waals surface area contributed by atoms with Gasteiger partial charge in [0.05, 0.1) is 11.4 Å².